The van der Waals surface area contributed by atoms with Crippen LogP contribution < -0.4 is 14.8 Å². The Labute approximate surface area is 136 Å². The molecule has 0 heterocycles. The van der Waals surface area contributed by atoms with Gasteiger partial charge in [-0.05, 0) is 36.6 Å². The lowest BCUT2D eigenvalue weighted by atomic mass is 10.1. The van der Waals surface area contributed by atoms with E-state index in [0.29, 0.717) is 5.56 Å². The first-order valence-electron chi connectivity index (χ1n) is 6.69. The lowest BCUT2D eigenvalue weighted by Crippen LogP contribution is -2.26. The summed E-state index contributed by atoms with van der Waals surface area (Å²) in [5.74, 6) is -0.816. The highest BCUT2D eigenvalue weighted by atomic mass is 35.5. The molecule has 0 aromatic heterocycles. The first-order valence-corrected chi connectivity index (χ1v) is 7.07. The smallest absolute Gasteiger partial charge is 0.387 e. The SMILES string of the molecule is COc1cc(/C=C(\C#N)C(=O)NC2CC2)cc(Cl)c1OC(F)F. The number of carbonyl (C=O) groups excluding carboxylic acids is 1. The van der Waals surface area contributed by atoms with Crippen LogP contribution in [0.15, 0.2) is 17.7 Å². The molecule has 1 fully saturated rings. The van der Waals surface area contributed by atoms with E-state index in [1.54, 1.807) is 6.07 Å². The van der Waals surface area contributed by atoms with Gasteiger partial charge in [0.05, 0.1) is 12.1 Å². The van der Waals surface area contributed by atoms with Gasteiger partial charge < -0.3 is 14.8 Å². The van der Waals surface area contributed by atoms with E-state index in [0.717, 1.165) is 12.8 Å². The highest BCUT2D eigenvalue weighted by Crippen LogP contribution is 2.38. The highest BCUT2D eigenvalue weighted by molar-refractivity contribution is 6.32. The standard InChI is InChI=1S/C15H13ClF2N2O3/c1-22-12-6-8(5-11(16)13(12)23-15(17)18)4-9(7-19)14(21)20-10-2-3-10/h4-6,10,15H,2-3H2,1H3,(H,20,21)/b9-4+. The van der Waals surface area contributed by atoms with Crippen LogP contribution in [0.25, 0.3) is 6.08 Å². The summed E-state index contributed by atoms with van der Waals surface area (Å²) in [5.41, 5.74) is 0.244. The second kappa shape index (κ2) is 7.29. The summed E-state index contributed by atoms with van der Waals surface area (Å²) in [6, 6.07) is 4.57. The summed E-state index contributed by atoms with van der Waals surface area (Å²) < 4.78 is 34.0. The van der Waals surface area contributed by atoms with E-state index in [1.165, 1.54) is 25.3 Å². The molecule has 1 saturated carbocycles. The van der Waals surface area contributed by atoms with Crippen molar-refractivity contribution in [3.63, 3.8) is 0 Å². The van der Waals surface area contributed by atoms with Gasteiger partial charge in [-0.15, -0.1) is 0 Å². The lowest BCUT2D eigenvalue weighted by Gasteiger charge is -2.12. The van der Waals surface area contributed by atoms with E-state index in [4.69, 9.17) is 21.6 Å². The van der Waals surface area contributed by atoms with Crippen molar-refractivity contribution in [1.82, 2.24) is 5.32 Å². The topological polar surface area (TPSA) is 71.3 Å². The molecule has 1 N–H and O–H groups in total. The van der Waals surface area contributed by atoms with Crippen LogP contribution >= 0.6 is 11.6 Å². The zero-order valence-corrected chi connectivity index (χ0v) is 12.9. The predicted molar refractivity (Wildman–Crippen MR) is 79.4 cm³/mol. The zero-order valence-electron chi connectivity index (χ0n) is 12.1. The lowest BCUT2D eigenvalue weighted by molar-refractivity contribution is -0.117. The minimum absolute atomic E-state index is 0.0241. The molecule has 0 saturated heterocycles. The van der Waals surface area contributed by atoms with Crippen LogP contribution in [-0.4, -0.2) is 25.7 Å². The number of nitrogens with zero attached hydrogens (tertiary/aromatic N) is 1. The molecule has 2 rings (SSSR count). The minimum atomic E-state index is -3.05. The molecule has 0 spiro atoms. The molecule has 1 aliphatic rings. The van der Waals surface area contributed by atoms with E-state index >= 15 is 0 Å². The van der Waals surface area contributed by atoms with Crippen molar-refractivity contribution in [1.29, 1.82) is 5.26 Å². The van der Waals surface area contributed by atoms with Gasteiger partial charge in [-0.2, -0.15) is 14.0 Å². The van der Waals surface area contributed by atoms with E-state index in [9.17, 15) is 13.6 Å². The van der Waals surface area contributed by atoms with Gasteiger partial charge in [0.2, 0.25) is 0 Å². The molecule has 8 heteroatoms. The number of alkyl halides is 2. The summed E-state index contributed by atoms with van der Waals surface area (Å²) in [6.07, 6.45) is 3.09. The van der Waals surface area contributed by atoms with Gasteiger partial charge in [-0.3, -0.25) is 4.79 Å². The second-order valence-corrected chi connectivity index (χ2v) is 5.24. The summed E-state index contributed by atoms with van der Waals surface area (Å²) in [5, 5.41) is 11.7. The Hall–Kier alpha value is -2.33. The van der Waals surface area contributed by atoms with Gasteiger partial charge in [-0.1, -0.05) is 11.6 Å². The Bertz CT molecular complexity index is 682. The Morgan fingerprint density at radius 1 is 1.52 bits per heavy atom. The largest absolute Gasteiger partial charge is 0.493 e. The van der Waals surface area contributed by atoms with Crippen molar-refractivity contribution in [2.75, 3.05) is 7.11 Å². The minimum Gasteiger partial charge on any atom is -0.493 e. The summed E-state index contributed by atoms with van der Waals surface area (Å²) in [4.78, 5) is 11.9. The molecule has 0 aliphatic heterocycles. The fourth-order valence-electron chi connectivity index (χ4n) is 1.83. The number of nitriles is 1. The van der Waals surface area contributed by atoms with Gasteiger partial charge in [0.1, 0.15) is 11.6 Å². The van der Waals surface area contributed by atoms with Gasteiger partial charge in [-0.25, -0.2) is 0 Å². The maximum absolute atomic E-state index is 12.4. The number of amides is 1. The number of nitrogens with one attached hydrogen (secondary N) is 1. The third-order valence-corrected chi connectivity index (χ3v) is 3.33. The van der Waals surface area contributed by atoms with E-state index in [1.807, 2.05) is 0 Å². The molecule has 23 heavy (non-hydrogen) atoms. The molecule has 1 aromatic carbocycles. The monoisotopic (exact) mass is 342 g/mol. The third kappa shape index (κ3) is 4.57. The summed E-state index contributed by atoms with van der Waals surface area (Å²) >= 11 is 5.91. The number of ether oxygens (including phenoxy) is 2. The normalized spacial score (nSPS) is 14.3. The number of halogens is 3. The molecule has 0 radical (unpaired) electrons. The molecule has 0 atom stereocenters. The van der Waals surface area contributed by atoms with Crippen molar-refractivity contribution < 1.29 is 23.0 Å². The van der Waals surface area contributed by atoms with Crippen LogP contribution in [0.1, 0.15) is 18.4 Å². The number of methoxy groups -OCH3 is 1. The number of carbonyl (C=O) groups is 1. The zero-order chi connectivity index (χ0) is 17.0. The Morgan fingerprint density at radius 3 is 2.74 bits per heavy atom. The van der Waals surface area contributed by atoms with Crippen LogP contribution in [0, 0.1) is 11.3 Å². The van der Waals surface area contributed by atoms with Crippen molar-refractivity contribution >= 4 is 23.6 Å². The highest BCUT2D eigenvalue weighted by Gasteiger charge is 2.25. The number of rotatable bonds is 6. The number of benzene rings is 1. The third-order valence-electron chi connectivity index (χ3n) is 3.05. The molecule has 0 unspecified atom stereocenters. The molecule has 0 bridgehead atoms. The first kappa shape index (κ1) is 17.0. The van der Waals surface area contributed by atoms with E-state index < -0.39 is 12.5 Å². The van der Waals surface area contributed by atoms with Gasteiger partial charge in [0, 0.05) is 6.04 Å². The van der Waals surface area contributed by atoms with E-state index in [2.05, 4.69) is 10.1 Å². The van der Waals surface area contributed by atoms with Gasteiger partial charge in [0.25, 0.3) is 5.91 Å². The van der Waals surface area contributed by atoms with Crippen LogP contribution in [0.3, 0.4) is 0 Å². The Kier molecular flexibility index (Phi) is 5.40. The number of hydrogen-bond donors (Lipinski definition) is 1. The van der Waals surface area contributed by atoms with Crippen molar-refractivity contribution in [2.24, 2.45) is 0 Å². The van der Waals surface area contributed by atoms with Crippen LogP contribution in [0.4, 0.5) is 8.78 Å². The van der Waals surface area contributed by atoms with Crippen LogP contribution in [-0.2, 0) is 4.79 Å². The van der Waals surface area contributed by atoms with Gasteiger partial charge in [0.15, 0.2) is 11.5 Å². The molecule has 1 aliphatic carbocycles. The van der Waals surface area contributed by atoms with Crippen molar-refractivity contribution in [3.8, 4) is 17.6 Å². The molecular weight excluding hydrogens is 330 g/mol. The fourth-order valence-corrected chi connectivity index (χ4v) is 2.10. The van der Waals surface area contributed by atoms with E-state index in [-0.39, 0.29) is 28.1 Å². The second-order valence-electron chi connectivity index (χ2n) is 4.83. The summed E-state index contributed by atoms with van der Waals surface area (Å²) in [6.45, 7) is -3.05. The van der Waals surface area contributed by atoms with Crippen molar-refractivity contribution in [2.45, 2.75) is 25.5 Å². The van der Waals surface area contributed by atoms with Gasteiger partial charge >= 0.3 is 6.61 Å². The molecular formula is C15H13ClF2N2O3. The average Bonchev–Trinajstić information content (AvgIpc) is 3.30. The van der Waals surface area contributed by atoms with Crippen LogP contribution in [0.5, 0.6) is 11.5 Å². The first-order chi connectivity index (χ1) is 10.9. The van der Waals surface area contributed by atoms with Crippen molar-refractivity contribution in [3.05, 3.63) is 28.3 Å². The van der Waals surface area contributed by atoms with Crippen LogP contribution in [0.2, 0.25) is 5.02 Å². The quantitative estimate of drug-likeness (QED) is 0.637. The molecule has 1 aromatic rings. The number of hydrogen-bond acceptors (Lipinski definition) is 4. The maximum Gasteiger partial charge on any atom is 0.387 e. The maximum atomic E-state index is 12.4. The Morgan fingerprint density at radius 2 is 2.22 bits per heavy atom. The predicted octanol–water partition coefficient (Wildman–Crippen LogP) is 3.14. The summed E-state index contributed by atoms with van der Waals surface area (Å²) in [7, 11) is 1.27. The Balaban J connectivity index is 2.31. The molecule has 1 amide bonds. The molecule has 122 valence electrons. The average molecular weight is 343 g/mol. The molecule has 5 nitrogen and oxygen atoms in total. The fraction of sp³-hybridized carbons (Fsp3) is 0.333.